The highest BCUT2D eigenvalue weighted by molar-refractivity contribution is 7.90. The van der Waals surface area contributed by atoms with Crippen LogP contribution in [0.15, 0.2) is 58.9 Å². The summed E-state index contributed by atoms with van der Waals surface area (Å²) in [5, 5.41) is 14.1. The van der Waals surface area contributed by atoms with Crippen LogP contribution in [0.4, 0.5) is 0 Å². The van der Waals surface area contributed by atoms with Crippen LogP contribution in [-0.4, -0.2) is 74.4 Å². The van der Waals surface area contributed by atoms with Gasteiger partial charge in [-0.25, -0.2) is 21.8 Å². The fourth-order valence-electron chi connectivity index (χ4n) is 4.17. The zero-order valence-electron chi connectivity index (χ0n) is 21.9. The van der Waals surface area contributed by atoms with Crippen LogP contribution < -0.4 is 5.32 Å². The number of aromatic nitrogens is 1. The normalized spacial score (nSPS) is 15.0. The average Bonchev–Trinajstić information content (AvgIpc) is 3.30. The molecule has 1 amide bonds. The Balaban J connectivity index is 1.88. The van der Waals surface area contributed by atoms with Crippen LogP contribution in [0.25, 0.3) is 10.2 Å². The Hall–Kier alpha value is -2.38. The van der Waals surface area contributed by atoms with E-state index in [0.29, 0.717) is 5.52 Å². The lowest BCUT2D eigenvalue weighted by Crippen LogP contribution is -2.52. The van der Waals surface area contributed by atoms with Crippen molar-refractivity contribution in [1.82, 2.24) is 14.6 Å². The minimum absolute atomic E-state index is 0.0306. The molecule has 0 spiro atoms. The van der Waals surface area contributed by atoms with E-state index in [4.69, 9.17) is 0 Å². The second kappa shape index (κ2) is 12.6. The Kier molecular flexibility index (Phi) is 10.0. The van der Waals surface area contributed by atoms with Crippen molar-refractivity contribution in [3.63, 3.8) is 0 Å². The number of amides is 1. The number of hydrogen-bond acceptors (Lipinski definition) is 8. The van der Waals surface area contributed by atoms with E-state index in [-0.39, 0.29) is 36.1 Å². The number of sulfonamides is 1. The van der Waals surface area contributed by atoms with Crippen molar-refractivity contribution >= 4 is 47.3 Å². The molecule has 3 atom stereocenters. The van der Waals surface area contributed by atoms with Crippen molar-refractivity contribution < 1.29 is 26.7 Å². The van der Waals surface area contributed by atoms with Gasteiger partial charge in [-0.2, -0.15) is 4.31 Å². The lowest BCUT2D eigenvalue weighted by atomic mass is 10.00. The first kappa shape index (κ1) is 30.2. The third-order valence-corrected chi connectivity index (χ3v) is 9.73. The van der Waals surface area contributed by atoms with Gasteiger partial charge in [-0.15, -0.1) is 11.3 Å². The van der Waals surface area contributed by atoms with E-state index < -0.39 is 43.8 Å². The lowest BCUT2D eigenvalue weighted by molar-refractivity contribution is -0.125. The molecule has 2 N–H and O–H groups in total. The molecule has 0 unspecified atom stereocenters. The number of aliphatic hydroxyl groups is 1. The summed E-state index contributed by atoms with van der Waals surface area (Å²) in [6.45, 7) is 5.18. The smallest absolute Gasteiger partial charge is 0.243 e. The summed E-state index contributed by atoms with van der Waals surface area (Å²) in [5.74, 6) is -1.73. The van der Waals surface area contributed by atoms with E-state index >= 15 is 0 Å². The molecule has 1 heterocycles. The van der Waals surface area contributed by atoms with Crippen LogP contribution in [0.3, 0.4) is 0 Å². The largest absolute Gasteiger partial charge is 0.390 e. The molecule has 0 aliphatic rings. The van der Waals surface area contributed by atoms with Gasteiger partial charge in [-0.3, -0.25) is 4.79 Å². The van der Waals surface area contributed by atoms with Gasteiger partial charge in [0.05, 0.1) is 38.5 Å². The number of carbonyl (C=O) groups excluding carboxylic acids is 1. The summed E-state index contributed by atoms with van der Waals surface area (Å²) in [5.41, 5.74) is 3.06. The zero-order valence-corrected chi connectivity index (χ0v) is 24.4. The van der Waals surface area contributed by atoms with Gasteiger partial charge >= 0.3 is 0 Å². The molecule has 0 aliphatic heterocycles. The maximum Gasteiger partial charge on any atom is 0.243 e. The molecule has 0 fully saturated rings. The minimum Gasteiger partial charge on any atom is -0.390 e. The summed E-state index contributed by atoms with van der Waals surface area (Å²) in [6.07, 6.45) is 0.0332. The molecule has 0 saturated carbocycles. The molecule has 9 nitrogen and oxygen atoms in total. The second-order valence-electron chi connectivity index (χ2n) is 10.1. The van der Waals surface area contributed by atoms with Gasteiger partial charge in [0.25, 0.3) is 0 Å². The molecule has 208 valence electrons. The topological polar surface area (TPSA) is 134 Å². The molecule has 38 heavy (non-hydrogen) atoms. The summed E-state index contributed by atoms with van der Waals surface area (Å²) in [6, 6.07) is 13.1. The summed E-state index contributed by atoms with van der Waals surface area (Å²) < 4.78 is 52.9. The average molecular weight is 582 g/mol. The quantitative estimate of drug-likeness (QED) is 0.317. The van der Waals surface area contributed by atoms with Gasteiger partial charge in [0, 0.05) is 25.3 Å². The molecule has 1 aromatic heterocycles. The van der Waals surface area contributed by atoms with Crippen LogP contribution in [0, 0.1) is 11.8 Å². The van der Waals surface area contributed by atoms with Crippen molar-refractivity contribution in [1.29, 1.82) is 0 Å². The van der Waals surface area contributed by atoms with Crippen LogP contribution in [0.5, 0.6) is 0 Å². The number of hydrogen-bond donors (Lipinski definition) is 2. The van der Waals surface area contributed by atoms with E-state index in [1.165, 1.54) is 34.7 Å². The number of benzene rings is 2. The zero-order chi connectivity index (χ0) is 28.1. The molecular weight excluding hydrogens is 547 g/mol. The van der Waals surface area contributed by atoms with Crippen molar-refractivity contribution in [2.75, 3.05) is 25.1 Å². The van der Waals surface area contributed by atoms with Gasteiger partial charge in [-0.1, -0.05) is 51.1 Å². The molecular formula is C26H35N3O6S3. The highest BCUT2D eigenvalue weighted by Gasteiger charge is 2.32. The van der Waals surface area contributed by atoms with E-state index in [9.17, 15) is 26.7 Å². The Morgan fingerprint density at radius 2 is 1.74 bits per heavy atom. The van der Waals surface area contributed by atoms with E-state index in [1.807, 2.05) is 44.2 Å². The highest BCUT2D eigenvalue weighted by atomic mass is 32.2. The molecule has 3 aromatic rings. The predicted octanol–water partition coefficient (Wildman–Crippen LogP) is 2.71. The van der Waals surface area contributed by atoms with Gasteiger partial charge in [-0.05, 0) is 36.1 Å². The molecule has 12 heteroatoms. The number of aliphatic hydroxyl groups excluding tert-OH is 1. The first-order valence-electron chi connectivity index (χ1n) is 12.3. The van der Waals surface area contributed by atoms with Crippen LogP contribution in [0.1, 0.15) is 26.3 Å². The van der Waals surface area contributed by atoms with Gasteiger partial charge in [0.1, 0.15) is 9.84 Å². The molecule has 0 radical (unpaired) electrons. The van der Waals surface area contributed by atoms with Crippen molar-refractivity contribution in [2.45, 2.75) is 44.2 Å². The standard InChI is InChI=1S/C26H35N3O6S3/c1-18(2)14-29(38(34,35)21-10-11-25-23(13-21)27-17-36-25)15-24(30)22(12-20-8-6-5-7-9-20)28-26(31)19(3)16-37(4,32)33/h5-11,13,17-19,22,24,30H,12,14-16H2,1-4H3,(H,28,31)/t19-,22+,24-/m1/s1. The summed E-state index contributed by atoms with van der Waals surface area (Å²) in [7, 11) is -7.38. The van der Waals surface area contributed by atoms with Crippen molar-refractivity contribution in [3.8, 4) is 0 Å². The Labute approximate surface area is 228 Å². The fourth-order valence-corrected chi connectivity index (χ4v) is 7.53. The molecule has 0 bridgehead atoms. The first-order valence-corrected chi connectivity index (χ1v) is 16.7. The van der Waals surface area contributed by atoms with Gasteiger partial charge in [0.2, 0.25) is 15.9 Å². The number of nitrogens with one attached hydrogen (secondary N) is 1. The van der Waals surface area contributed by atoms with E-state index in [2.05, 4.69) is 10.3 Å². The maximum absolute atomic E-state index is 13.7. The summed E-state index contributed by atoms with van der Waals surface area (Å²) >= 11 is 1.41. The Morgan fingerprint density at radius 3 is 2.37 bits per heavy atom. The Morgan fingerprint density at radius 1 is 1.05 bits per heavy atom. The van der Waals surface area contributed by atoms with Crippen LogP contribution in [0.2, 0.25) is 0 Å². The predicted molar refractivity (Wildman–Crippen MR) is 150 cm³/mol. The lowest BCUT2D eigenvalue weighted by Gasteiger charge is -2.31. The second-order valence-corrected chi connectivity index (χ2v) is 15.1. The van der Waals surface area contributed by atoms with Gasteiger partial charge in [0.15, 0.2) is 0 Å². The molecule has 3 rings (SSSR count). The first-order chi connectivity index (χ1) is 17.8. The minimum atomic E-state index is -3.99. The number of rotatable bonds is 13. The molecule has 2 aromatic carbocycles. The number of nitrogens with zero attached hydrogens (tertiary/aromatic N) is 2. The molecule has 0 aliphatic carbocycles. The number of thiazole rings is 1. The monoisotopic (exact) mass is 581 g/mol. The third kappa shape index (κ3) is 8.31. The maximum atomic E-state index is 13.7. The third-order valence-electron chi connectivity index (χ3n) is 5.99. The Bertz CT molecular complexity index is 1440. The highest BCUT2D eigenvalue weighted by Crippen LogP contribution is 2.25. The van der Waals surface area contributed by atoms with Crippen molar-refractivity contribution in [2.24, 2.45) is 11.8 Å². The number of sulfone groups is 1. The van der Waals surface area contributed by atoms with E-state index in [0.717, 1.165) is 16.5 Å². The fraction of sp³-hybridized carbons (Fsp3) is 0.462. The van der Waals surface area contributed by atoms with Gasteiger partial charge < -0.3 is 10.4 Å². The summed E-state index contributed by atoms with van der Waals surface area (Å²) in [4.78, 5) is 17.2. The van der Waals surface area contributed by atoms with Crippen LogP contribution in [-0.2, 0) is 31.1 Å². The van der Waals surface area contributed by atoms with Crippen molar-refractivity contribution in [3.05, 3.63) is 59.6 Å². The SMILES string of the molecule is CC(C)CN(C[C@@H](O)[C@H](Cc1ccccc1)NC(=O)[C@H](C)CS(C)(=O)=O)S(=O)(=O)c1ccc2scnc2c1. The molecule has 0 saturated heterocycles. The van der Waals surface area contributed by atoms with Crippen LogP contribution >= 0.6 is 11.3 Å². The van der Waals surface area contributed by atoms with E-state index in [1.54, 1.807) is 11.6 Å². The number of fused-ring (bicyclic) bond motifs is 1. The number of carbonyl (C=O) groups is 1.